The van der Waals surface area contributed by atoms with E-state index in [-0.39, 0.29) is 5.16 Å². The Morgan fingerprint density at radius 3 is 2.77 bits per heavy atom. The van der Waals surface area contributed by atoms with Gasteiger partial charge in [-0.05, 0) is 48.7 Å². The third kappa shape index (κ3) is 4.66. The molecule has 9 nitrogen and oxygen atoms in total. The van der Waals surface area contributed by atoms with Gasteiger partial charge in [-0.15, -0.1) is 0 Å². The molecule has 5 rings (SSSR count). The highest BCUT2D eigenvalue weighted by molar-refractivity contribution is 6.29. The van der Waals surface area contributed by atoms with Crippen LogP contribution in [0.1, 0.15) is 5.69 Å². The maximum absolute atomic E-state index is 5.92. The molecule has 0 amide bonds. The lowest BCUT2D eigenvalue weighted by atomic mass is 10.1. The summed E-state index contributed by atoms with van der Waals surface area (Å²) < 4.78 is 0. The Balaban J connectivity index is 1.39. The Labute approximate surface area is 205 Å². The maximum atomic E-state index is 5.92. The quantitative estimate of drug-likeness (QED) is 0.146. The Kier molecular flexibility index (Phi) is 5.82. The number of nitrogens with one attached hydrogen (secondary N) is 4. The summed E-state index contributed by atoms with van der Waals surface area (Å²) in [6.45, 7) is 4.07. The van der Waals surface area contributed by atoms with Gasteiger partial charge in [0, 0.05) is 33.7 Å². The molecular formula is C25H22ClN9. The van der Waals surface area contributed by atoms with Gasteiger partial charge in [-0.1, -0.05) is 30.3 Å². The molecule has 0 saturated heterocycles. The Bertz CT molecular complexity index is 1610. The van der Waals surface area contributed by atoms with E-state index in [1.807, 2.05) is 48.5 Å². The lowest BCUT2D eigenvalue weighted by Gasteiger charge is -2.09. The molecule has 0 fully saturated rings. The largest absolute Gasteiger partial charge is 0.405 e. The zero-order valence-electron chi connectivity index (χ0n) is 18.5. The normalized spacial score (nSPS) is 12.3. The molecule has 0 unspecified atom stereocenters. The average molecular weight is 484 g/mol. The van der Waals surface area contributed by atoms with Crippen molar-refractivity contribution < 1.29 is 0 Å². The van der Waals surface area contributed by atoms with Crippen LogP contribution in [0.3, 0.4) is 0 Å². The van der Waals surface area contributed by atoms with Crippen molar-refractivity contribution in [3.8, 4) is 11.4 Å². The second-order valence-corrected chi connectivity index (χ2v) is 8.18. The number of nitrogens with two attached hydrogens (primary N) is 2. The van der Waals surface area contributed by atoms with Crippen molar-refractivity contribution in [1.29, 1.82) is 0 Å². The number of allylic oxidation sites excluding steroid dienone is 1. The predicted molar refractivity (Wildman–Crippen MR) is 141 cm³/mol. The number of aromatic nitrogens is 5. The summed E-state index contributed by atoms with van der Waals surface area (Å²) in [5.41, 5.74) is 16.7. The van der Waals surface area contributed by atoms with Crippen LogP contribution in [-0.2, 0) is 0 Å². The van der Waals surface area contributed by atoms with E-state index in [2.05, 4.69) is 37.4 Å². The van der Waals surface area contributed by atoms with Crippen LogP contribution in [0.4, 0.5) is 11.5 Å². The minimum absolute atomic E-state index is 0.0848. The number of rotatable bonds is 7. The van der Waals surface area contributed by atoms with Gasteiger partial charge in [0.05, 0.1) is 28.8 Å². The van der Waals surface area contributed by atoms with Crippen molar-refractivity contribution in [1.82, 2.24) is 30.5 Å². The lowest BCUT2D eigenvalue weighted by molar-refractivity contribution is 1.10. The third-order valence-electron chi connectivity index (χ3n) is 5.38. The third-order valence-corrected chi connectivity index (χ3v) is 5.58. The molecule has 174 valence electrons. The highest BCUT2D eigenvalue weighted by Gasteiger charge is 2.10. The number of hydrogen-bond donors (Lipinski definition) is 6. The van der Waals surface area contributed by atoms with E-state index in [1.165, 1.54) is 6.20 Å². The van der Waals surface area contributed by atoms with Gasteiger partial charge >= 0.3 is 0 Å². The molecule has 0 aliphatic heterocycles. The van der Waals surface area contributed by atoms with Crippen molar-refractivity contribution in [3.05, 3.63) is 96.3 Å². The Morgan fingerprint density at radius 1 is 1.06 bits per heavy atom. The first kappa shape index (κ1) is 22.1. The van der Waals surface area contributed by atoms with E-state index in [0.29, 0.717) is 23.0 Å². The monoisotopic (exact) mass is 483 g/mol. The van der Waals surface area contributed by atoms with Crippen LogP contribution < -0.4 is 22.1 Å². The average Bonchev–Trinajstić information content (AvgIpc) is 3.50. The molecule has 0 saturated carbocycles. The summed E-state index contributed by atoms with van der Waals surface area (Å²) in [7, 11) is 0. The van der Waals surface area contributed by atoms with Crippen LogP contribution >= 0.6 is 11.6 Å². The van der Waals surface area contributed by atoms with E-state index in [0.717, 1.165) is 38.8 Å². The fourth-order valence-corrected chi connectivity index (χ4v) is 3.78. The van der Waals surface area contributed by atoms with E-state index in [9.17, 15) is 0 Å². The second-order valence-electron chi connectivity index (χ2n) is 7.77. The number of halogens is 1. The van der Waals surface area contributed by atoms with Crippen LogP contribution in [0.25, 0.3) is 38.9 Å². The predicted octanol–water partition coefficient (Wildman–Crippen LogP) is 4.64. The Morgan fingerprint density at radius 2 is 1.94 bits per heavy atom. The van der Waals surface area contributed by atoms with Gasteiger partial charge in [0.2, 0.25) is 0 Å². The summed E-state index contributed by atoms with van der Waals surface area (Å²) in [4.78, 5) is 12.5. The van der Waals surface area contributed by atoms with Crippen molar-refractivity contribution in [2.45, 2.75) is 0 Å². The fraction of sp³-hybridized carbons (Fsp3) is 0. The van der Waals surface area contributed by atoms with Crippen molar-refractivity contribution in [2.75, 3.05) is 5.32 Å². The number of fused-ring (bicyclic) bond motifs is 2. The number of aromatic amines is 2. The zero-order valence-corrected chi connectivity index (χ0v) is 19.3. The standard InChI is InChI=1S/C25H22ClN9/c1-14(31-20(6-8-27)24(26)28)21-11-15-2-3-16(12-22(15)33-21)25-29-9-7-23(34-25)32-18-4-5-19-17(10-18)13-30-35-19/h2-13,31,33H,1,27-28H2,(H,30,35)(H,29,32,34)/b8-6-,24-20+. The molecule has 5 aromatic rings. The minimum Gasteiger partial charge on any atom is -0.405 e. The molecule has 3 aromatic heterocycles. The minimum atomic E-state index is 0.0848. The van der Waals surface area contributed by atoms with Crippen molar-refractivity contribution in [3.63, 3.8) is 0 Å². The van der Waals surface area contributed by atoms with Crippen molar-refractivity contribution >= 4 is 50.6 Å². The topological polar surface area (TPSA) is 146 Å². The van der Waals surface area contributed by atoms with Crippen LogP contribution in [0.15, 0.2) is 90.6 Å². The van der Waals surface area contributed by atoms with Crippen LogP contribution in [0.2, 0.25) is 0 Å². The molecular weight excluding hydrogens is 462 g/mol. The van der Waals surface area contributed by atoms with Gasteiger partial charge in [0.25, 0.3) is 0 Å². The molecule has 2 aromatic carbocycles. The summed E-state index contributed by atoms with van der Waals surface area (Å²) in [6, 6.07) is 15.7. The summed E-state index contributed by atoms with van der Waals surface area (Å²) in [5.74, 6) is 1.29. The molecule has 0 atom stereocenters. The molecule has 0 radical (unpaired) electrons. The maximum Gasteiger partial charge on any atom is 0.161 e. The zero-order chi connectivity index (χ0) is 24.4. The number of hydrogen-bond acceptors (Lipinski definition) is 7. The van der Waals surface area contributed by atoms with Crippen LogP contribution in [0.5, 0.6) is 0 Å². The number of benzene rings is 2. The summed E-state index contributed by atoms with van der Waals surface area (Å²) >= 11 is 5.92. The summed E-state index contributed by atoms with van der Waals surface area (Å²) in [6.07, 6.45) is 6.43. The first-order chi connectivity index (χ1) is 17.0. The fourth-order valence-electron chi connectivity index (χ4n) is 3.67. The Hall–Kier alpha value is -4.76. The number of nitrogens with zero attached hydrogens (tertiary/aromatic N) is 3. The second kappa shape index (κ2) is 9.24. The van der Waals surface area contributed by atoms with E-state index < -0.39 is 0 Å². The van der Waals surface area contributed by atoms with E-state index >= 15 is 0 Å². The van der Waals surface area contributed by atoms with Crippen LogP contribution in [0, 0.1) is 0 Å². The molecule has 8 N–H and O–H groups in total. The van der Waals surface area contributed by atoms with E-state index in [1.54, 1.807) is 18.5 Å². The molecule has 35 heavy (non-hydrogen) atoms. The smallest absolute Gasteiger partial charge is 0.161 e. The highest BCUT2D eigenvalue weighted by Crippen LogP contribution is 2.26. The first-order valence-electron chi connectivity index (χ1n) is 10.7. The van der Waals surface area contributed by atoms with Gasteiger partial charge in [0.1, 0.15) is 11.0 Å². The van der Waals surface area contributed by atoms with Gasteiger partial charge in [-0.25, -0.2) is 9.97 Å². The van der Waals surface area contributed by atoms with Gasteiger partial charge in [-0.2, -0.15) is 5.10 Å². The summed E-state index contributed by atoms with van der Waals surface area (Å²) in [5, 5.41) is 15.5. The molecule has 0 aliphatic rings. The van der Waals surface area contributed by atoms with Crippen LogP contribution in [-0.4, -0.2) is 25.1 Å². The SMILES string of the molecule is C=C(NC(/C=C\N)=C(/N)Cl)c1cc2ccc(-c3nccc(Nc4ccc5[nH]ncc5c4)n3)cc2[nH]1. The van der Waals surface area contributed by atoms with Gasteiger partial charge in [0.15, 0.2) is 5.82 Å². The van der Waals surface area contributed by atoms with Gasteiger partial charge < -0.3 is 27.1 Å². The molecule has 0 spiro atoms. The highest BCUT2D eigenvalue weighted by atomic mass is 35.5. The lowest BCUT2D eigenvalue weighted by Crippen LogP contribution is -2.14. The number of H-pyrrole nitrogens is 2. The first-order valence-corrected chi connectivity index (χ1v) is 11.0. The van der Waals surface area contributed by atoms with Gasteiger partial charge in [-0.3, -0.25) is 5.10 Å². The van der Waals surface area contributed by atoms with E-state index in [4.69, 9.17) is 28.1 Å². The molecule has 0 bridgehead atoms. The molecule has 10 heteroatoms. The number of anilines is 2. The molecule has 0 aliphatic carbocycles. The van der Waals surface area contributed by atoms with Crippen molar-refractivity contribution in [2.24, 2.45) is 11.5 Å². The molecule has 3 heterocycles.